The van der Waals surface area contributed by atoms with Crippen molar-refractivity contribution in [3.63, 3.8) is 0 Å². The van der Waals surface area contributed by atoms with Gasteiger partial charge in [0.1, 0.15) is 0 Å². The number of imidazole rings is 1. The summed E-state index contributed by atoms with van der Waals surface area (Å²) in [7, 11) is 2.06. The average Bonchev–Trinajstić information content (AvgIpc) is 2.73. The third-order valence-electron chi connectivity index (χ3n) is 5.82. The maximum atomic E-state index is 4.17. The average molecular weight is 247 g/mol. The zero-order valence-corrected chi connectivity index (χ0v) is 12.0. The highest BCUT2D eigenvalue weighted by atomic mass is 15.1. The summed E-state index contributed by atoms with van der Waals surface area (Å²) in [4.78, 5) is 4.17. The van der Waals surface area contributed by atoms with Crippen LogP contribution in [0.3, 0.4) is 0 Å². The minimum absolute atomic E-state index is 0.587. The fourth-order valence-corrected chi connectivity index (χ4v) is 4.21. The van der Waals surface area contributed by atoms with E-state index in [1.807, 2.05) is 12.5 Å². The van der Waals surface area contributed by atoms with Crippen LogP contribution in [-0.4, -0.2) is 15.6 Å². The summed E-state index contributed by atoms with van der Waals surface area (Å²) in [5, 5.41) is 3.75. The first-order valence-corrected chi connectivity index (χ1v) is 7.18. The van der Waals surface area contributed by atoms with Crippen molar-refractivity contribution in [2.24, 2.45) is 30.2 Å². The van der Waals surface area contributed by atoms with Crippen LogP contribution >= 0.6 is 0 Å². The number of rotatable bonds is 3. The molecule has 3 heteroatoms. The predicted octanol–water partition coefficient (Wildman–Crippen LogP) is 2.58. The minimum Gasteiger partial charge on any atom is -0.337 e. The molecule has 100 valence electrons. The zero-order chi connectivity index (χ0) is 12.9. The number of aromatic nitrogens is 2. The molecule has 0 saturated heterocycles. The molecule has 0 spiro atoms. The van der Waals surface area contributed by atoms with E-state index in [2.05, 4.69) is 42.7 Å². The van der Waals surface area contributed by atoms with Crippen molar-refractivity contribution in [1.82, 2.24) is 14.9 Å². The van der Waals surface area contributed by atoms with E-state index in [1.165, 1.54) is 18.5 Å². The van der Waals surface area contributed by atoms with E-state index < -0.39 is 0 Å². The van der Waals surface area contributed by atoms with Gasteiger partial charge in [-0.3, -0.25) is 0 Å². The van der Waals surface area contributed by atoms with Gasteiger partial charge >= 0.3 is 0 Å². The van der Waals surface area contributed by atoms with E-state index in [0.717, 1.165) is 24.3 Å². The van der Waals surface area contributed by atoms with Gasteiger partial charge in [0, 0.05) is 25.8 Å². The lowest BCUT2D eigenvalue weighted by atomic mass is 9.45. The number of nitrogens with zero attached hydrogens (tertiary/aromatic N) is 2. The summed E-state index contributed by atoms with van der Waals surface area (Å²) in [5.41, 5.74) is 1.87. The van der Waals surface area contributed by atoms with Crippen LogP contribution in [0, 0.1) is 23.2 Å². The van der Waals surface area contributed by atoms with Crippen LogP contribution < -0.4 is 5.32 Å². The lowest BCUT2D eigenvalue weighted by Crippen LogP contribution is -2.59. The van der Waals surface area contributed by atoms with Gasteiger partial charge in [0.2, 0.25) is 0 Å². The maximum Gasteiger partial charge on any atom is 0.0945 e. The van der Waals surface area contributed by atoms with Gasteiger partial charge in [-0.2, -0.15) is 0 Å². The molecule has 3 nitrogen and oxygen atoms in total. The Hall–Kier alpha value is -0.830. The second-order valence-electron chi connectivity index (χ2n) is 6.94. The first-order chi connectivity index (χ1) is 8.50. The fourth-order valence-electron chi connectivity index (χ4n) is 4.21. The molecule has 1 heterocycles. The fraction of sp³-hybridized carbons (Fsp3) is 0.800. The van der Waals surface area contributed by atoms with Gasteiger partial charge in [-0.1, -0.05) is 20.8 Å². The van der Waals surface area contributed by atoms with Crippen molar-refractivity contribution >= 4 is 0 Å². The number of fused-ring (bicyclic) bond motifs is 2. The Morgan fingerprint density at radius 3 is 2.78 bits per heavy atom. The summed E-state index contributed by atoms with van der Waals surface area (Å²) >= 11 is 0. The van der Waals surface area contributed by atoms with Crippen LogP contribution in [0.4, 0.5) is 0 Å². The predicted molar refractivity (Wildman–Crippen MR) is 73.0 cm³/mol. The molecule has 4 rings (SSSR count). The van der Waals surface area contributed by atoms with Crippen molar-refractivity contribution in [3.05, 3.63) is 18.2 Å². The normalized spacial score (nSPS) is 37.3. The monoisotopic (exact) mass is 247 g/mol. The molecule has 0 aliphatic heterocycles. The molecule has 1 aromatic rings. The molecule has 3 saturated carbocycles. The van der Waals surface area contributed by atoms with Gasteiger partial charge in [0.25, 0.3) is 0 Å². The molecule has 4 atom stereocenters. The van der Waals surface area contributed by atoms with E-state index in [1.54, 1.807) is 0 Å². The Morgan fingerprint density at radius 1 is 1.44 bits per heavy atom. The quantitative estimate of drug-likeness (QED) is 0.889. The molecule has 3 fully saturated rings. The summed E-state index contributed by atoms with van der Waals surface area (Å²) < 4.78 is 2.10. The SMILES string of the molecule is C[C@@H]1[C@H]2C[C@@H](C[C@H]1NCc1cncn1C)C2(C)C. The van der Waals surface area contributed by atoms with Gasteiger partial charge in [0.05, 0.1) is 12.0 Å². The number of hydrogen-bond acceptors (Lipinski definition) is 2. The molecule has 1 N–H and O–H groups in total. The molecule has 1 aromatic heterocycles. The summed E-state index contributed by atoms with van der Waals surface area (Å²) in [6.45, 7) is 8.30. The van der Waals surface area contributed by atoms with Crippen LogP contribution in [0.2, 0.25) is 0 Å². The zero-order valence-electron chi connectivity index (χ0n) is 12.0. The number of nitrogens with one attached hydrogen (secondary N) is 1. The van der Waals surface area contributed by atoms with Crippen LogP contribution in [0.5, 0.6) is 0 Å². The highest BCUT2D eigenvalue weighted by molar-refractivity contribution is 5.07. The Bertz CT molecular complexity index is 435. The van der Waals surface area contributed by atoms with Crippen LogP contribution in [0.1, 0.15) is 39.3 Å². The topological polar surface area (TPSA) is 29.9 Å². The van der Waals surface area contributed by atoms with E-state index >= 15 is 0 Å². The third kappa shape index (κ3) is 1.71. The number of hydrogen-bond donors (Lipinski definition) is 1. The molecule has 0 radical (unpaired) electrons. The smallest absolute Gasteiger partial charge is 0.0945 e. The van der Waals surface area contributed by atoms with Gasteiger partial charge in [-0.25, -0.2) is 4.98 Å². The first-order valence-electron chi connectivity index (χ1n) is 7.18. The van der Waals surface area contributed by atoms with Crippen LogP contribution in [0.15, 0.2) is 12.5 Å². The van der Waals surface area contributed by atoms with Crippen molar-refractivity contribution in [2.45, 2.75) is 46.2 Å². The highest BCUT2D eigenvalue weighted by Gasteiger charge is 2.55. The summed E-state index contributed by atoms with van der Waals surface area (Å²) in [6, 6.07) is 0.691. The third-order valence-corrected chi connectivity index (χ3v) is 5.82. The molecule has 0 unspecified atom stereocenters. The second kappa shape index (κ2) is 4.09. The van der Waals surface area contributed by atoms with Gasteiger partial charge in [0.15, 0.2) is 0 Å². The van der Waals surface area contributed by atoms with Crippen molar-refractivity contribution in [2.75, 3.05) is 0 Å². The van der Waals surface area contributed by atoms with Gasteiger partial charge in [-0.15, -0.1) is 0 Å². The van der Waals surface area contributed by atoms with E-state index in [9.17, 15) is 0 Å². The van der Waals surface area contributed by atoms with E-state index in [4.69, 9.17) is 0 Å². The number of aryl methyl sites for hydroxylation is 1. The van der Waals surface area contributed by atoms with Crippen LogP contribution in [-0.2, 0) is 13.6 Å². The molecule has 3 aliphatic rings. The molecule has 18 heavy (non-hydrogen) atoms. The van der Waals surface area contributed by atoms with Crippen molar-refractivity contribution in [3.8, 4) is 0 Å². The largest absolute Gasteiger partial charge is 0.337 e. The Balaban J connectivity index is 1.61. The molecule has 2 bridgehead atoms. The maximum absolute atomic E-state index is 4.17. The van der Waals surface area contributed by atoms with Crippen molar-refractivity contribution < 1.29 is 0 Å². The molecular weight excluding hydrogens is 222 g/mol. The van der Waals surface area contributed by atoms with E-state index in [-0.39, 0.29) is 0 Å². The Labute approximate surface area is 110 Å². The Kier molecular flexibility index (Phi) is 2.77. The molecule has 0 aromatic carbocycles. The first kappa shape index (κ1) is 12.2. The summed E-state index contributed by atoms with van der Waals surface area (Å²) in [5.74, 6) is 2.65. The van der Waals surface area contributed by atoms with Crippen LogP contribution in [0.25, 0.3) is 0 Å². The lowest BCUT2D eigenvalue weighted by molar-refractivity contribution is -0.115. The molecule has 0 amide bonds. The van der Waals surface area contributed by atoms with Gasteiger partial charge < -0.3 is 9.88 Å². The Morgan fingerprint density at radius 2 is 2.22 bits per heavy atom. The second-order valence-corrected chi connectivity index (χ2v) is 6.94. The standard InChI is InChI=1S/C15H25N3/c1-10-13-5-11(15(13,2)3)6-14(10)17-8-12-7-16-9-18(12)4/h7,9-11,13-14,17H,5-6,8H2,1-4H3/t10-,11+,13-,14-/m1/s1. The van der Waals surface area contributed by atoms with Crippen molar-refractivity contribution in [1.29, 1.82) is 0 Å². The summed E-state index contributed by atoms with van der Waals surface area (Å²) in [6.07, 6.45) is 6.65. The molecule has 3 aliphatic carbocycles. The van der Waals surface area contributed by atoms with Gasteiger partial charge in [-0.05, 0) is 36.0 Å². The molecular formula is C15H25N3. The lowest BCUT2D eigenvalue weighted by Gasteiger charge is -2.62. The minimum atomic E-state index is 0.587. The van der Waals surface area contributed by atoms with E-state index in [0.29, 0.717) is 11.5 Å². The highest BCUT2D eigenvalue weighted by Crippen LogP contribution is 2.61.